The fraction of sp³-hybridized carbons (Fsp3) is 0.353. The summed E-state index contributed by atoms with van der Waals surface area (Å²) in [6, 6.07) is 11.4. The highest BCUT2D eigenvalue weighted by Crippen LogP contribution is 2.08. The number of carbonyl (C=O) groups is 1. The number of rotatable bonds is 6. The Morgan fingerprint density at radius 1 is 1.05 bits per heavy atom. The molecule has 0 saturated heterocycles. The average Bonchev–Trinajstić information content (AvgIpc) is 2.48. The first kappa shape index (κ1) is 15.2. The monoisotopic (exact) mass is 283 g/mol. The van der Waals surface area contributed by atoms with Crippen LogP contribution < -0.4 is 0 Å². The molecular weight excluding hydrogens is 262 g/mol. The first-order valence-electron chi connectivity index (χ1n) is 7.22. The number of hydrogen-bond donors (Lipinski definition) is 0. The van der Waals surface area contributed by atoms with Crippen LogP contribution in [0.5, 0.6) is 0 Å². The standard InChI is InChI=1S/C17H21N3O/c1-14(2)12-20(13-16-8-4-6-10-19-16)17(21)11-15-7-3-5-9-18-15/h3-10,14H,11-13H2,1-2H3. The van der Waals surface area contributed by atoms with Gasteiger partial charge in [-0.05, 0) is 30.2 Å². The molecule has 21 heavy (non-hydrogen) atoms. The summed E-state index contributed by atoms with van der Waals surface area (Å²) in [4.78, 5) is 22.9. The third-order valence-corrected chi connectivity index (χ3v) is 3.08. The lowest BCUT2D eigenvalue weighted by molar-refractivity contribution is -0.131. The molecular formula is C17H21N3O. The van der Waals surface area contributed by atoms with Gasteiger partial charge in [0.2, 0.25) is 5.91 Å². The molecule has 0 aliphatic heterocycles. The zero-order valence-corrected chi connectivity index (χ0v) is 12.6. The van der Waals surface area contributed by atoms with Crippen LogP contribution in [0.25, 0.3) is 0 Å². The molecule has 0 spiro atoms. The van der Waals surface area contributed by atoms with Crippen LogP contribution in [0, 0.1) is 5.92 Å². The molecule has 2 aromatic rings. The molecule has 2 heterocycles. The van der Waals surface area contributed by atoms with Crippen LogP contribution in [0.15, 0.2) is 48.8 Å². The van der Waals surface area contributed by atoms with E-state index in [1.54, 1.807) is 12.4 Å². The molecule has 0 radical (unpaired) electrons. The normalized spacial score (nSPS) is 10.6. The minimum Gasteiger partial charge on any atom is -0.336 e. The van der Waals surface area contributed by atoms with Gasteiger partial charge in [-0.2, -0.15) is 0 Å². The summed E-state index contributed by atoms with van der Waals surface area (Å²) in [6.45, 7) is 5.49. The van der Waals surface area contributed by atoms with Crippen molar-refractivity contribution in [2.45, 2.75) is 26.8 Å². The summed E-state index contributed by atoms with van der Waals surface area (Å²) < 4.78 is 0. The van der Waals surface area contributed by atoms with Crippen LogP contribution in [-0.4, -0.2) is 27.3 Å². The second-order valence-corrected chi connectivity index (χ2v) is 5.49. The SMILES string of the molecule is CC(C)CN(Cc1ccccn1)C(=O)Cc1ccccn1. The molecule has 0 fully saturated rings. The van der Waals surface area contributed by atoms with E-state index in [1.165, 1.54) is 0 Å². The van der Waals surface area contributed by atoms with Crippen molar-refractivity contribution in [2.75, 3.05) is 6.54 Å². The largest absolute Gasteiger partial charge is 0.336 e. The van der Waals surface area contributed by atoms with E-state index >= 15 is 0 Å². The maximum Gasteiger partial charge on any atom is 0.228 e. The van der Waals surface area contributed by atoms with E-state index < -0.39 is 0 Å². The second-order valence-electron chi connectivity index (χ2n) is 5.49. The highest BCUT2D eigenvalue weighted by atomic mass is 16.2. The molecule has 110 valence electrons. The van der Waals surface area contributed by atoms with Crippen molar-refractivity contribution in [1.82, 2.24) is 14.9 Å². The molecule has 0 atom stereocenters. The fourth-order valence-electron chi connectivity index (χ4n) is 2.15. The molecule has 0 saturated carbocycles. The van der Waals surface area contributed by atoms with Gasteiger partial charge in [-0.3, -0.25) is 14.8 Å². The Bertz CT molecular complexity index is 555. The number of aromatic nitrogens is 2. The lowest BCUT2D eigenvalue weighted by Gasteiger charge is -2.24. The van der Waals surface area contributed by atoms with Gasteiger partial charge in [0.15, 0.2) is 0 Å². The molecule has 2 aromatic heterocycles. The van der Waals surface area contributed by atoms with Crippen molar-refractivity contribution in [1.29, 1.82) is 0 Å². The Morgan fingerprint density at radius 2 is 1.67 bits per heavy atom. The van der Waals surface area contributed by atoms with Crippen molar-refractivity contribution < 1.29 is 4.79 Å². The van der Waals surface area contributed by atoms with Gasteiger partial charge >= 0.3 is 0 Å². The number of nitrogens with zero attached hydrogens (tertiary/aromatic N) is 3. The van der Waals surface area contributed by atoms with Gasteiger partial charge in [0, 0.05) is 24.6 Å². The van der Waals surface area contributed by atoms with Crippen LogP contribution in [-0.2, 0) is 17.8 Å². The first-order chi connectivity index (χ1) is 10.1. The summed E-state index contributed by atoms with van der Waals surface area (Å²) in [5, 5.41) is 0. The van der Waals surface area contributed by atoms with E-state index in [0.717, 1.165) is 17.9 Å². The molecule has 0 N–H and O–H groups in total. The van der Waals surface area contributed by atoms with Gasteiger partial charge < -0.3 is 4.90 Å². The van der Waals surface area contributed by atoms with Crippen LogP contribution in [0.2, 0.25) is 0 Å². The van der Waals surface area contributed by atoms with Crippen LogP contribution in [0.3, 0.4) is 0 Å². The predicted molar refractivity (Wildman–Crippen MR) is 82.4 cm³/mol. The third-order valence-electron chi connectivity index (χ3n) is 3.08. The van der Waals surface area contributed by atoms with Crippen LogP contribution >= 0.6 is 0 Å². The predicted octanol–water partition coefficient (Wildman–Crippen LogP) is 2.70. The van der Waals surface area contributed by atoms with Crippen LogP contribution in [0.1, 0.15) is 25.2 Å². The summed E-state index contributed by atoms with van der Waals surface area (Å²) >= 11 is 0. The van der Waals surface area contributed by atoms with Gasteiger partial charge in [0.25, 0.3) is 0 Å². The Hall–Kier alpha value is -2.23. The summed E-state index contributed by atoms with van der Waals surface area (Å²) in [5.41, 5.74) is 1.71. The van der Waals surface area contributed by atoms with Gasteiger partial charge in [0.05, 0.1) is 18.7 Å². The lowest BCUT2D eigenvalue weighted by atomic mass is 10.1. The molecule has 2 rings (SSSR count). The van der Waals surface area contributed by atoms with E-state index in [4.69, 9.17) is 0 Å². The zero-order valence-electron chi connectivity index (χ0n) is 12.6. The molecule has 0 unspecified atom stereocenters. The second kappa shape index (κ2) is 7.53. The topological polar surface area (TPSA) is 46.1 Å². The molecule has 4 nitrogen and oxygen atoms in total. The fourth-order valence-corrected chi connectivity index (χ4v) is 2.15. The maximum atomic E-state index is 12.5. The Morgan fingerprint density at radius 3 is 2.19 bits per heavy atom. The van der Waals surface area contributed by atoms with Crippen molar-refractivity contribution in [3.05, 3.63) is 60.2 Å². The van der Waals surface area contributed by atoms with E-state index in [9.17, 15) is 4.79 Å². The summed E-state index contributed by atoms with van der Waals surface area (Å²) in [7, 11) is 0. The van der Waals surface area contributed by atoms with Gasteiger partial charge in [-0.25, -0.2) is 0 Å². The molecule has 1 amide bonds. The Kier molecular flexibility index (Phi) is 5.43. The van der Waals surface area contributed by atoms with Crippen molar-refractivity contribution in [3.8, 4) is 0 Å². The number of amides is 1. The minimum atomic E-state index is 0.0908. The van der Waals surface area contributed by atoms with Crippen molar-refractivity contribution >= 4 is 5.91 Å². The number of pyridine rings is 2. The van der Waals surface area contributed by atoms with Gasteiger partial charge in [-0.15, -0.1) is 0 Å². The van der Waals surface area contributed by atoms with Gasteiger partial charge in [0.1, 0.15) is 0 Å². The van der Waals surface area contributed by atoms with E-state index in [2.05, 4.69) is 23.8 Å². The average molecular weight is 283 g/mol. The van der Waals surface area contributed by atoms with E-state index in [-0.39, 0.29) is 5.91 Å². The van der Waals surface area contributed by atoms with E-state index in [1.807, 2.05) is 41.3 Å². The maximum absolute atomic E-state index is 12.5. The lowest BCUT2D eigenvalue weighted by Crippen LogP contribution is -2.35. The first-order valence-corrected chi connectivity index (χ1v) is 7.22. The highest BCUT2D eigenvalue weighted by Gasteiger charge is 2.16. The smallest absolute Gasteiger partial charge is 0.228 e. The Balaban J connectivity index is 2.06. The molecule has 0 aliphatic rings. The number of hydrogen-bond acceptors (Lipinski definition) is 3. The quantitative estimate of drug-likeness (QED) is 0.819. The van der Waals surface area contributed by atoms with Crippen molar-refractivity contribution in [2.24, 2.45) is 5.92 Å². The van der Waals surface area contributed by atoms with Crippen LogP contribution in [0.4, 0.5) is 0 Å². The summed E-state index contributed by atoms with van der Waals surface area (Å²) in [6.07, 6.45) is 3.81. The molecule has 4 heteroatoms. The highest BCUT2D eigenvalue weighted by molar-refractivity contribution is 5.78. The molecule has 0 aromatic carbocycles. The molecule has 0 bridgehead atoms. The van der Waals surface area contributed by atoms with Crippen molar-refractivity contribution in [3.63, 3.8) is 0 Å². The third kappa shape index (κ3) is 4.99. The van der Waals surface area contributed by atoms with E-state index in [0.29, 0.717) is 18.9 Å². The zero-order chi connectivity index (χ0) is 15.1. The number of carbonyl (C=O) groups excluding carboxylic acids is 1. The Labute approximate surface area is 125 Å². The van der Waals surface area contributed by atoms with Gasteiger partial charge in [-0.1, -0.05) is 26.0 Å². The molecule has 0 aliphatic carbocycles. The summed E-state index contributed by atoms with van der Waals surface area (Å²) in [5.74, 6) is 0.509. The minimum absolute atomic E-state index is 0.0908.